The first kappa shape index (κ1) is 21.5. The van der Waals surface area contributed by atoms with E-state index in [1.54, 1.807) is 17.3 Å². The van der Waals surface area contributed by atoms with E-state index in [4.69, 9.17) is 0 Å². The summed E-state index contributed by atoms with van der Waals surface area (Å²) in [6.45, 7) is 9.40. The molecule has 0 fully saturated rings. The molecule has 0 saturated heterocycles. The van der Waals surface area contributed by atoms with Gasteiger partial charge in [0.15, 0.2) is 0 Å². The van der Waals surface area contributed by atoms with E-state index in [0.29, 0.717) is 24.9 Å². The second kappa shape index (κ2) is 10.0. The fourth-order valence-corrected chi connectivity index (χ4v) is 3.46. The van der Waals surface area contributed by atoms with Gasteiger partial charge in [0.1, 0.15) is 0 Å². The molecule has 30 heavy (non-hydrogen) atoms. The lowest BCUT2D eigenvalue weighted by atomic mass is 9.93. The van der Waals surface area contributed by atoms with Gasteiger partial charge in [0, 0.05) is 18.1 Å². The topological polar surface area (TPSA) is 58.1 Å². The van der Waals surface area contributed by atoms with E-state index >= 15 is 0 Å². The molecule has 2 amide bonds. The van der Waals surface area contributed by atoms with Crippen LogP contribution in [0.25, 0.3) is 0 Å². The van der Waals surface area contributed by atoms with E-state index in [0.717, 1.165) is 28.2 Å². The van der Waals surface area contributed by atoms with Gasteiger partial charge in [-0.2, -0.15) is 0 Å². The Morgan fingerprint density at radius 2 is 1.30 bits per heavy atom. The maximum atomic E-state index is 13.4. The molecule has 0 atom stereocenters. The van der Waals surface area contributed by atoms with Crippen molar-refractivity contribution in [1.29, 1.82) is 0 Å². The highest BCUT2D eigenvalue weighted by molar-refractivity contribution is 5.91. The molecule has 3 rings (SSSR count). The van der Waals surface area contributed by atoms with Crippen molar-refractivity contribution in [1.82, 2.24) is 14.9 Å². The fraction of sp³-hybridized carbons (Fsp3) is 0.320. The number of carbonyl (C=O) groups excluding carboxylic acids is 1. The number of urea groups is 1. The summed E-state index contributed by atoms with van der Waals surface area (Å²) in [6.07, 6.45) is 3.49. The molecule has 156 valence electrons. The number of hydrogen-bond acceptors (Lipinski definition) is 3. The van der Waals surface area contributed by atoms with Crippen LogP contribution in [-0.2, 0) is 13.1 Å². The van der Waals surface area contributed by atoms with Crippen LogP contribution in [0.4, 0.5) is 10.5 Å². The smallest absolute Gasteiger partial charge is 0.313 e. The van der Waals surface area contributed by atoms with Crippen molar-refractivity contribution in [3.05, 3.63) is 89.5 Å². The maximum Gasteiger partial charge on any atom is 0.322 e. The van der Waals surface area contributed by atoms with Gasteiger partial charge >= 0.3 is 6.03 Å². The summed E-state index contributed by atoms with van der Waals surface area (Å²) in [5.74, 6) is 0.609. The highest BCUT2D eigenvalue weighted by Gasteiger charge is 2.20. The Bertz CT molecular complexity index is 888. The quantitative estimate of drug-likeness (QED) is 0.531. The molecule has 1 aromatic carbocycles. The number of nitrogens with zero attached hydrogens (tertiary/aromatic N) is 3. The monoisotopic (exact) mass is 402 g/mol. The number of benzene rings is 1. The third kappa shape index (κ3) is 5.44. The van der Waals surface area contributed by atoms with Crippen LogP contribution >= 0.6 is 0 Å². The van der Waals surface area contributed by atoms with E-state index in [-0.39, 0.29) is 6.03 Å². The molecule has 0 unspecified atom stereocenters. The molecule has 0 radical (unpaired) electrons. The van der Waals surface area contributed by atoms with Crippen molar-refractivity contribution in [2.45, 2.75) is 52.6 Å². The van der Waals surface area contributed by atoms with E-state index < -0.39 is 0 Å². The highest BCUT2D eigenvalue weighted by Crippen LogP contribution is 2.32. The second-order valence-corrected chi connectivity index (χ2v) is 8.05. The van der Waals surface area contributed by atoms with Gasteiger partial charge in [0.05, 0.1) is 24.5 Å². The number of anilines is 1. The van der Waals surface area contributed by atoms with Crippen LogP contribution in [0, 0.1) is 0 Å². The van der Waals surface area contributed by atoms with Crippen LogP contribution in [0.1, 0.15) is 62.0 Å². The highest BCUT2D eigenvalue weighted by atomic mass is 16.2. The maximum absolute atomic E-state index is 13.4. The molecule has 0 aliphatic carbocycles. The number of para-hydroxylation sites is 1. The van der Waals surface area contributed by atoms with Crippen molar-refractivity contribution < 1.29 is 4.79 Å². The summed E-state index contributed by atoms with van der Waals surface area (Å²) in [4.78, 5) is 24.0. The van der Waals surface area contributed by atoms with Gasteiger partial charge in [0.25, 0.3) is 0 Å². The summed E-state index contributed by atoms with van der Waals surface area (Å²) < 4.78 is 0. The number of amides is 2. The van der Waals surface area contributed by atoms with Gasteiger partial charge in [0.2, 0.25) is 0 Å². The minimum absolute atomic E-state index is 0.152. The molecular weight excluding hydrogens is 372 g/mol. The van der Waals surface area contributed by atoms with E-state index in [2.05, 4.69) is 61.2 Å². The van der Waals surface area contributed by atoms with E-state index in [1.165, 1.54) is 0 Å². The average Bonchev–Trinajstić information content (AvgIpc) is 2.74. The van der Waals surface area contributed by atoms with Crippen LogP contribution in [0.15, 0.2) is 67.0 Å². The minimum Gasteiger partial charge on any atom is -0.313 e. The number of carbonyl (C=O) groups is 1. The lowest BCUT2D eigenvalue weighted by molar-refractivity contribution is 0.205. The third-order valence-corrected chi connectivity index (χ3v) is 5.05. The Hall–Kier alpha value is -3.21. The largest absolute Gasteiger partial charge is 0.322 e. The van der Waals surface area contributed by atoms with Crippen molar-refractivity contribution in [3.8, 4) is 0 Å². The van der Waals surface area contributed by atoms with Gasteiger partial charge in [-0.3, -0.25) is 9.97 Å². The van der Waals surface area contributed by atoms with Crippen LogP contribution in [0.2, 0.25) is 0 Å². The van der Waals surface area contributed by atoms with Crippen LogP contribution < -0.4 is 5.32 Å². The molecule has 5 heteroatoms. The Labute approximate surface area is 179 Å². The molecule has 0 spiro atoms. The first-order chi connectivity index (χ1) is 14.5. The third-order valence-electron chi connectivity index (χ3n) is 5.05. The van der Waals surface area contributed by atoms with Crippen molar-refractivity contribution in [2.24, 2.45) is 0 Å². The van der Waals surface area contributed by atoms with Gasteiger partial charge in [-0.05, 0) is 47.2 Å². The number of aromatic nitrogens is 2. The van der Waals surface area contributed by atoms with Crippen molar-refractivity contribution >= 4 is 11.7 Å². The van der Waals surface area contributed by atoms with Gasteiger partial charge < -0.3 is 10.2 Å². The first-order valence-electron chi connectivity index (χ1n) is 10.4. The Morgan fingerprint density at radius 1 is 0.800 bits per heavy atom. The molecule has 1 N–H and O–H groups in total. The number of rotatable bonds is 7. The lowest BCUT2D eigenvalue weighted by Crippen LogP contribution is -2.35. The standard InChI is InChI=1S/C25H30N4O/c1-18(2)22-12-9-13-23(19(3)4)24(22)28-25(30)29(16-20-10-5-7-14-26-20)17-21-11-6-8-15-27-21/h5-15,18-19H,16-17H2,1-4H3,(H,28,30). The predicted molar refractivity (Wildman–Crippen MR) is 121 cm³/mol. The Kier molecular flexibility index (Phi) is 7.17. The van der Waals surface area contributed by atoms with E-state index in [1.807, 2.05) is 36.4 Å². The van der Waals surface area contributed by atoms with Gasteiger partial charge in [-0.25, -0.2) is 4.79 Å². The summed E-state index contributed by atoms with van der Waals surface area (Å²) in [5.41, 5.74) is 4.88. The number of nitrogens with one attached hydrogen (secondary N) is 1. The molecule has 0 aliphatic heterocycles. The van der Waals surface area contributed by atoms with Crippen LogP contribution in [0.5, 0.6) is 0 Å². The summed E-state index contributed by atoms with van der Waals surface area (Å²) in [7, 11) is 0. The van der Waals surface area contributed by atoms with Crippen LogP contribution in [-0.4, -0.2) is 20.9 Å². The summed E-state index contributed by atoms with van der Waals surface area (Å²) in [5, 5.41) is 3.21. The number of hydrogen-bond donors (Lipinski definition) is 1. The van der Waals surface area contributed by atoms with E-state index in [9.17, 15) is 4.79 Å². The molecule has 0 bridgehead atoms. The first-order valence-corrected chi connectivity index (χ1v) is 10.4. The van der Waals surface area contributed by atoms with Gasteiger partial charge in [-0.15, -0.1) is 0 Å². The average molecular weight is 403 g/mol. The molecule has 5 nitrogen and oxygen atoms in total. The summed E-state index contributed by atoms with van der Waals surface area (Å²) >= 11 is 0. The zero-order chi connectivity index (χ0) is 21.5. The molecule has 0 aliphatic rings. The van der Waals surface area contributed by atoms with Crippen molar-refractivity contribution in [3.63, 3.8) is 0 Å². The SMILES string of the molecule is CC(C)c1cccc(C(C)C)c1NC(=O)N(Cc1ccccn1)Cc1ccccn1. The second-order valence-electron chi connectivity index (χ2n) is 8.05. The number of pyridine rings is 2. The zero-order valence-electron chi connectivity index (χ0n) is 18.2. The predicted octanol–water partition coefficient (Wildman–Crippen LogP) is 5.96. The lowest BCUT2D eigenvalue weighted by Gasteiger charge is -2.26. The summed E-state index contributed by atoms with van der Waals surface area (Å²) in [6, 6.07) is 17.6. The normalized spacial score (nSPS) is 11.0. The zero-order valence-corrected chi connectivity index (χ0v) is 18.2. The Morgan fingerprint density at radius 3 is 1.70 bits per heavy atom. The van der Waals surface area contributed by atoms with Gasteiger partial charge in [-0.1, -0.05) is 58.0 Å². The minimum atomic E-state index is -0.152. The molecule has 3 aromatic rings. The molecular formula is C25H30N4O. The van der Waals surface area contributed by atoms with Crippen LogP contribution in [0.3, 0.4) is 0 Å². The van der Waals surface area contributed by atoms with Crippen molar-refractivity contribution in [2.75, 3.05) is 5.32 Å². The molecule has 2 heterocycles. The Balaban J connectivity index is 1.91. The fourth-order valence-electron chi connectivity index (χ4n) is 3.46. The molecule has 2 aromatic heterocycles. The molecule has 0 saturated carbocycles.